The molecular weight excluding hydrogens is 420 g/mol. The van der Waals surface area contributed by atoms with Gasteiger partial charge in [-0.1, -0.05) is 19.9 Å². The van der Waals surface area contributed by atoms with Gasteiger partial charge in [-0.15, -0.1) is 0 Å². The number of hydrogen-bond donors (Lipinski definition) is 3. The van der Waals surface area contributed by atoms with E-state index in [2.05, 4.69) is 26.0 Å². The minimum absolute atomic E-state index is 0.0481. The van der Waals surface area contributed by atoms with Crippen LogP contribution in [0, 0.1) is 5.92 Å². The Hall–Kier alpha value is -3.88. The molecule has 1 fully saturated rings. The normalized spacial score (nSPS) is 12.3. The second-order valence-corrected chi connectivity index (χ2v) is 7.34. The second-order valence-electron chi connectivity index (χ2n) is 7.34. The number of methoxy groups -OCH3 is 1. The standard InChI is InChI=1S/C22H24N6O3.C2H6/c1-23-22(30)15-12-24-19(26-21(29)13-7-8-13)11-18(15)25-17-6-4-5-14(20(17)31-3)16-9-10-28(2)27-16;1-2/h4-6,9-13H,7-8H2,1-3H3,(H,23,30)(H2,24,25,26,29);1-2H3. The van der Waals surface area contributed by atoms with Crippen molar-refractivity contribution in [2.24, 2.45) is 13.0 Å². The van der Waals surface area contributed by atoms with E-state index in [1.165, 1.54) is 6.20 Å². The second kappa shape index (κ2) is 10.6. The van der Waals surface area contributed by atoms with E-state index in [1.807, 2.05) is 51.4 Å². The van der Waals surface area contributed by atoms with Gasteiger partial charge in [0.15, 0.2) is 5.75 Å². The molecule has 1 aromatic carbocycles. The van der Waals surface area contributed by atoms with Gasteiger partial charge >= 0.3 is 0 Å². The van der Waals surface area contributed by atoms with Crippen LogP contribution in [0.15, 0.2) is 42.7 Å². The zero-order chi connectivity index (χ0) is 24.0. The number of carbonyl (C=O) groups excluding carboxylic acids is 2. The highest BCUT2D eigenvalue weighted by molar-refractivity contribution is 6.01. The summed E-state index contributed by atoms with van der Waals surface area (Å²) >= 11 is 0. The first-order valence-corrected chi connectivity index (χ1v) is 11.0. The van der Waals surface area contributed by atoms with Crippen LogP contribution in [0.4, 0.5) is 17.2 Å². The lowest BCUT2D eigenvalue weighted by Gasteiger charge is -2.17. The van der Waals surface area contributed by atoms with Gasteiger partial charge in [0.2, 0.25) is 5.91 Å². The molecule has 0 saturated heterocycles. The van der Waals surface area contributed by atoms with E-state index in [-0.39, 0.29) is 17.7 Å². The highest BCUT2D eigenvalue weighted by Gasteiger charge is 2.30. The van der Waals surface area contributed by atoms with E-state index in [0.717, 1.165) is 24.1 Å². The van der Waals surface area contributed by atoms with Gasteiger partial charge in [-0.05, 0) is 31.0 Å². The Morgan fingerprint density at radius 3 is 2.52 bits per heavy atom. The molecule has 0 atom stereocenters. The number of benzene rings is 1. The number of anilines is 3. The van der Waals surface area contributed by atoms with E-state index in [0.29, 0.717) is 28.5 Å². The number of para-hydroxylation sites is 1. The fourth-order valence-corrected chi connectivity index (χ4v) is 3.28. The Kier molecular flexibility index (Phi) is 7.66. The quantitative estimate of drug-likeness (QED) is 0.502. The van der Waals surface area contributed by atoms with E-state index in [9.17, 15) is 9.59 Å². The molecule has 174 valence electrons. The third kappa shape index (κ3) is 5.49. The van der Waals surface area contributed by atoms with Gasteiger partial charge in [0.05, 0.1) is 29.7 Å². The zero-order valence-electron chi connectivity index (χ0n) is 19.6. The fourth-order valence-electron chi connectivity index (χ4n) is 3.28. The molecule has 0 bridgehead atoms. The van der Waals surface area contributed by atoms with Gasteiger partial charge in [-0.2, -0.15) is 5.10 Å². The highest BCUT2D eigenvalue weighted by Crippen LogP contribution is 2.38. The molecule has 0 radical (unpaired) electrons. The predicted octanol–water partition coefficient (Wildman–Crippen LogP) is 3.97. The lowest BCUT2D eigenvalue weighted by atomic mass is 10.1. The summed E-state index contributed by atoms with van der Waals surface area (Å²) in [5.41, 5.74) is 3.07. The highest BCUT2D eigenvalue weighted by atomic mass is 16.5. The molecule has 9 nitrogen and oxygen atoms in total. The molecule has 1 aliphatic rings. The van der Waals surface area contributed by atoms with Crippen LogP contribution >= 0.6 is 0 Å². The van der Waals surface area contributed by atoms with Crippen LogP contribution in [0.25, 0.3) is 11.3 Å². The van der Waals surface area contributed by atoms with Gasteiger partial charge in [0.25, 0.3) is 5.91 Å². The summed E-state index contributed by atoms with van der Waals surface area (Å²) < 4.78 is 7.39. The largest absolute Gasteiger partial charge is 0.494 e. The van der Waals surface area contributed by atoms with Crippen LogP contribution in [0.3, 0.4) is 0 Å². The molecule has 1 aliphatic carbocycles. The van der Waals surface area contributed by atoms with E-state index in [4.69, 9.17) is 4.74 Å². The molecule has 9 heteroatoms. The molecule has 33 heavy (non-hydrogen) atoms. The van der Waals surface area contributed by atoms with Crippen molar-refractivity contribution in [2.45, 2.75) is 26.7 Å². The molecular formula is C24H30N6O3. The van der Waals surface area contributed by atoms with Gasteiger partial charge in [0.1, 0.15) is 5.82 Å². The topological polar surface area (TPSA) is 110 Å². The van der Waals surface area contributed by atoms with Crippen LogP contribution in [-0.2, 0) is 11.8 Å². The molecule has 0 spiro atoms. The van der Waals surface area contributed by atoms with Crippen LogP contribution in [-0.4, -0.2) is 40.7 Å². The number of hydrogen-bond acceptors (Lipinski definition) is 6. The maximum atomic E-state index is 12.4. The van der Waals surface area contributed by atoms with E-state index < -0.39 is 0 Å². The van der Waals surface area contributed by atoms with Crippen molar-refractivity contribution in [1.29, 1.82) is 0 Å². The lowest BCUT2D eigenvalue weighted by molar-refractivity contribution is -0.117. The lowest BCUT2D eigenvalue weighted by Crippen LogP contribution is -2.20. The SMILES string of the molecule is CC.CNC(=O)c1cnc(NC(=O)C2CC2)cc1Nc1cccc(-c2ccn(C)n2)c1OC. The molecule has 1 saturated carbocycles. The summed E-state index contributed by atoms with van der Waals surface area (Å²) in [5.74, 6) is 0.666. The Morgan fingerprint density at radius 1 is 1.15 bits per heavy atom. The summed E-state index contributed by atoms with van der Waals surface area (Å²) in [6.07, 6.45) is 5.09. The van der Waals surface area contributed by atoms with Crippen LogP contribution < -0.4 is 20.7 Å². The Balaban J connectivity index is 0.00000149. The van der Waals surface area contributed by atoms with Gasteiger partial charge in [-0.25, -0.2) is 4.98 Å². The number of amides is 2. The van der Waals surface area contributed by atoms with E-state index in [1.54, 1.807) is 24.9 Å². The first kappa shape index (κ1) is 23.8. The fraction of sp³-hybridized carbons (Fsp3) is 0.333. The number of pyridine rings is 1. The minimum Gasteiger partial charge on any atom is -0.494 e. The predicted molar refractivity (Wildman–Crippen MR) is 129 cm³/mol. The Morgan fingerprint density at radius 2 is 1.91 bits per heavy atom. The van der Waals surface area contributed by atoms with Crippen LogP contribution in [0.2, 0.25) is 0 Å². The number of rotatable bonds is 7. The molecule has 3 N–H and O–H groups in total. The number of nitrogens with zero attached hydrogens (tertiary/aromatic N) is 3. The minimum atomic E-state index is -0.296. The maximum absolute atomic E-state index is 12.4. The summed E-state index contributed by atoms with van der Waals surface area (Å²) in [5, 5.41) is 13.2. The molecule has 2 aromatic heterocycles. The van der Waals surface area contributed by atoms with Crippen molar-refractivity contribution in [3.8, 4) is 17.0 Å². The third-order valence-corrected chi connectivity index (χ3v) is 5.05. The molecule has 2 heterocycles. The average molecular weight is 451 g/mol. The molecule has 4 rings (SSSR count). The van der Waals surface area contributed by atoms with Crippen LogP contribution in [0.5, 0.6) is 5.75 Å². The number of aryl methyl sites for hydroxylation is 1. The van der Waals surface area contributed by atoms with Gasteiger partial charge in [0, 0.05) is 44.0 Å². The molecule has 3 aromatic rings. The molecule has 0 unspecified atom stereocenters. The molecule has 2 amide bonds. The van der Waals surface area contributed by atoms with Gasteiger partial charge < -0.3 is 20.7 Å². The van der Waals surface area contributed by atoms with Crippen molar-refractivity contribution >= 4 is 29.0 Å². The summed E-state index contributed by atoms with van der Waals surface area (Å²) in [6.45, 7) is 4.00. The Labute approximate surface area is 193 Å². The third-order valence-electron chi connectivity index (χ3n) is 5.05. The monoisotopic (exact) mass is 450 g/mol. The Bertz CT molecular complexity index is 1140. The zero-order valence-corrected chi connectivity index (χ0v) is 19.6. The van der Waals surface area contributed by atoms with E-state index >= 15 is 0 Å². The van der Waals surface area contributed by atoms with Crippen LogP contribution in [0.1, 0.15) is 37.0 Å². The number of nitrogens with one attached hydrogen (secondary N) is 3. The molecule has 0 aliphatic heterocycles. The average Bonchev–Trinajstić information content (AvgIpc) is 3.60. The van der Waals surface area contributed by atoms with Gasteiger partial charge in [-0.3, -0.25) is 14.3 Å². The number of carbonyl (C=O) groups is 2. The first-order chi connectivity index (χ1) is 16.0. The number of ether oxygens (including phenoxy) is 1. The summed E-state index contributed by atoms with van der Waals surface area (Å²) in [7, 11) is 4.99. The number of aromatic nitrogens is 3. The summed E-state index contributed by atoms with van der Waals surface area (Å²) in [4.78, 5) is 28.8. The van der Waals surface area contributed by atoms with Crippen molar-refractivity contribution in [1.82, 2.24) is 20.1 Å². The van der Waals surface area contributed by atoms with Crippen molar-refractivity contribution in [3.05, 3.63) is 48.3 Å². The summed E-state index contributed by atoms with van der Waals surface area (Å²) in [6, 6.07) is 9.19. The first-order valence-electron chi connectivity index (χ1n) is 11.0. The van der Waals surface area contributed by atoms with Crippen molar-refractivity contribution < 1.29 is 14.3 Å². The smallest absolute Gasteiger partial charge is 0.254 e. The van der Waals surface area contributed by atoms with Crippen molar-refractivity contribution in [3.63, 3.8) is 0 Å². The van der Waals surface area contributed by atoms with Crippen molar-refractivity contribution in [2.75, 3.05) is 24.8 Å². The maximum Gasteiger partial charge on any atom is 0.254 e.